The minimum absolute atomic E-state index is 0.00281. The van der Waals surface area contributed by atoms with Crippen LogP contribution in [0.15, 0.2) is 83.7 Å². The SMILES string of the molecule is NC(=O)c1ccc(OC(=O)c2nn(-c3ccccc3)c(=O)c3ccccc23)cc1. The van der Waals surface area contributed by atoms with Gasteiger partial charge in [0.05, 0.1) is 11.1 Å². The van der Waals surface area contributed by atoms with Crippen LogP contribution in [0.2, 0.25) is 0 Å². The summed E-state index contributed by atoms with van der Waals surface area (Å²) in [4.78, 5) is 36.9. The van der Waals surface area contributed by atoms with Crippen molar-refractivity contribution in [3.05, 3.63) is 100 Å². The molecule has 0 aliphatic rings. The molecule has 7 nitrogen and oxygen atoms in total. The van der Waals surface area contributed by atoms with Crippen molar-refractivity contribution in [1.82, 2.24) is 9.78 Å². The van der Waals surface area contributed by atoms with Gasteiger partial charge in [0, 0.05) is 10.9 Å². The summed E-state index contributed by atoms with van der Waals surface area (Å²) in [5.41, 5.74) is 5.71. The predicted molar refractivity (Wildman–Crippen MR) is 107 cm³/mol. The molecule has 0 saturated heterocycles. The smallest absolute Gasteiger partial charge is 0.364 e. The van der Waals surface area contributed by atoms with Gasteiger partial charge in [0.2, 0.25) is 5.91 Å². The molecule has 0 atom stereocenters. The van der Waals surface area contributed by atoms with Crippen LogP contribution in [-0.4, -0.2) is 21.7 Å². The van der Waals surface area contributed by atoms with Gasteiger partial charge in [-0.1, -0.05) is 36.4 Å². The van der Waals surface area contributed by atoms with E-state index in [0.29, 0.717) is 22.0 Å². The lowest BCUT2D eigenvalue weighted by atomic mass is 10.1. The first-order valence-corrected chi connectivity index (χ1v) is 8.74. The van der Waals surface area contributed by atoms with Crippen LogP contribution in [0.3, 0.4) is 0 Å². The molecule has 0 fully saturated rings. The van der Waals surface area contributed by atoms with Gasteiger partial charge in [-0.05, 0) is 42.5 Å². The van der Waals surface area contributed by atoms with Gasteiger partial charge in [0.1, 0.15) is 5.75 Å². The maximum Gasteiger partial charge on any atom is 0.364 e. The first kappa shape index (κ1) is 18.1. The van der Waals surface area contributed by atoms with E-state index in [4.69, 9.17) is 10.5 Å². The Morgan fingerprint density at radius 2 is 1.45 bits per heavy atom. The van der Waals surface area contributed by atoms with Crippen molar-refractivity contribution in [3.63, 3.8) is 0 Å². The van der Waals surface area contributed by atoms with E-state index in [1.807, 2.05) is 6.07 Å². The molecule has 0 bridgehead atoms. The van der Waals surface area contributed by atoms with Crippen molar-refractivity contribution in [2.45, 2.75) is 0 Å². The highest BCUT2D eigenvalue weighted by molar-refractivity contribution is 6.03. The highest BCUT2D eigenvalue weighted by Gasteiger charge is 2.19. The standard InChI is InChI=1S/C22H15N3O4/c23-20(26)14-10-12-16(13-11-14)29-22(28)19-17-8-4-5-9-18(17)21(27)25(24-19)15-6-2-1-3-7-15/h1-13H,(H2,23,26). The van der Waals surface area contributed by atoms with Crippen molar-refractivity contribution in [2.75, 3.05) is 0 Å². The van der Waals surface area contributed by atoms with Gasteiger partial charge >= 0.3 is 5.97 Å². The summed E-state index contributed by atoms with van der Waals surface area (Å²) in [6, 6.07) is 21.4. The summed E-state index contributed by atoms with van der Waals surface area (Å²) >= 11 is 0. The van der Waals surface area contributed by atoms with E-state index in [1.54, 1.807) is 48.5 Å². The van der Waals surface area contributed by atoms with Gasteiger partial charge in [-0.3, -0.25) is 9.59 Å². The number of ether oxygens (including phenoxy) is 1. The number of nitrogens with two attached hydrogens (primary N) is 1. The monoisotopic (exact) mass is 385 g/mol. The third-order valence-electron chi connectivity index (χ3n) is 4.35. The number of fused-ring (bicyclic) bond motifs is 1. The average Bonchev–Trinajstić information content (AvgIpc) is 2.75. The molecule has 4 rings (SSSR count). The van der Waals surface area contributed by atoms with Crippen LogP contribution in [-0.2, 0) is 0 Å². The molecule has 0 radical (unpaired) electrons. The number of benzene rings is 3. The Morgan fingerprint density at radius 1 is 0.828 bits per heavy atom. The minimum Gasteiger partial charge on any atom is -0.422 e. The molecule has 2 N–H and O–H groups in total. The van der Waals surface area contributed by atoms with E-state index < -0.39 is 11.9 Å². The third-order valence-corrected chi connectivity index (χ3v) is 4.35. The minimum atomic E-state index is -0.724. The van der Waals surface area contributed by atoms with Crippen molar-refractivity contribution >= 4 is 22.6 Å². The predicted octanol–water partition coefficient (Wildman–Crippen LogP) is 2.70. The number of esters is 1. The fourth-order valence-electron chi connectivity index (χ4n) is 2.93. The summed E-state index contributed by atoms with van der Waals surface area (Å²) in [5.74, 6) is -1.08. The second-order valence-corrected chi connectivity index (χ2v) is 6.22. The number of rotatable bonds is 4. The molecule has 7 heteroatoms. The topological polar surface area (TPSA) is 104 Å². The molecule has 4 aromatic rings. The molecule has 29 heavy (non-hydrogen) atoms. The highest BCUT2D eigenvalue weighted by Crippen LogP contribution is 2.19. The van der Waals surface area contributed by atoms with Gasteiger partial charge in [0.25, 0.3) is 5.56 Å². The number of para-hydroxylation sites is 1. The van der Waals surface area contributed by atoms with E-state index in [2.05, 4.69) is 5.10 Å². The maximum atomic E-state index is 12.9. The van der Waals surface area contributed by atoms with Crippen LogP contribution in [0.25, 0.3) is 16.5 Å². The average molecular weight is 385 g/mol. The number of aromatic nitrogens is 2. The zero-order valence-electron chi connectivity index (χ0n) is 15.1. The summed E-state index contributed by atoms with van der Waals surface area (Å²) < 4.78 is 6.58. The Morgan fingerprint density at radius 3 is 2.10 bits per heavy atom. The normalized spacial score (nSPS) is 10.6. The summed E-state index contributed by atoms with van der Waals surface area (Å²) in [5, 5.41) is 5.01. The number of nitrogens with zero attached hydrogens (tertiary/aromatic N) is 2. The number of carbonyl (C=O) groups is 2. The van der Waals surface area contributed by atoms with E-state index in [1.165, 1.54) is 28.9 Å². The first-order chi connectivity index (χ1) is 14.0. The van der Waals surface area contributed by atoms with Crippen LogP contribution in [0.1, 0.15) is 20.8 Å². The molecular weight excluding hydrogens is 370 g/mol. The molecule has 0 unspecified atom stereocenters. The second-order valence-electron chi connectivity index (χ2n) is 6.22. The van der Waals surface area contributed by atoms with E-state index in [-0.39, 0.29) is 17.0 Å². The van der Waals surface area contributed by atoms with Crippen molar-refractivity contribution < 1.29 is 14.3 Å². The molecule has 0 saturated carbocycles. The van der Waals surface area contributed by atoms with Crippen LogP contribution in [0.4, 0.5) is 0 Å². The lowest BCUT2D eigenvalue weighted by Crippen LogP contribution is -2.25. The molecule has 0 aliphatic carbocycles. The Hall–Kier alpha value is -4.26. The van der Waals surface area contributed by atoms with Gasteiger partial charge < -0.3 is 10.5 Å². The zero-order valence-corrected chi connectivity index (χ0v) is 15.1. The molecule has 1 amide bonds. The Labute approximate surface area is 165 Å². The van der Waals surface area contributed by atoms with Gasteiger partial charge in [-0.25, -0.2) is 4.79 Å². The van der Waals surface area contributed by atoms with Gasteiger partial charge in [0.15, 0.2) is 5.69 Å². The van der Waals surface area contributed by atoms with Crippen molar-refractivity contribution in [3.8, 4) is 11.4 Å². The van der Waals surface area contributed by atoms with E-state index >= 15 is 0 Å². The fraction of sp³-hybridized carbons (Fsp3) is 0. The third kappa shape index (κ3) is 3.49. The number of hydrogen-bond donors (Lipinski definition) is 1. The Balaban J connectivity index is 1.80. The van der Waals surface area contributed by atoms with Crippen LogP contribution >= 0.6 is 0 Å². The summed E-state index contributed by atoms with van der Waals surface area (Å²) in [6.45, 7) is 0. The van der Waals surface area contributed by atoms with Crippen molar-refractivity contribution in [2.24, 2.45) is 5.73 Å². The molecule has 0 spiro atoms. The Bertz CT molecular complexity index is 1280. The van der Waals surface area contributed by atoms with Crippen LogP contribution in [0, 0.1) is 0 Å². The Kier molecular flexibility index (Phi) is 4.62. The van der Waals surface area contributed by atoms with Gasteiger partial charge in [-0.15, -0.1) is 0 Å². The second kappa shape index (κ2) is 7.40. The van der Waals surface area contributed by atoms with E-state index in [9.17, 15) is 14.4 Å². The largest absolute Gasteiger partial charge is 0.422 e. The number of hydrogen-bond acceptors (Lipinski definition) is 5. The highest BCUT2D eigenvalue weighted by atomic mass is 16.5. The molecule has 3 aromatic carbocycles. The molecular formula is C22H15N3O4. The lowest BCUT2D eigenvalue weighted by molar-refractivity contribution is 0.0729. The fourth-order valence-corrected chi connectivity index (χ4v) is 2.93. The molecule has 142 valence electrons. The molecule has 1 heterocycles. The molecule has 0 aliphatic heterocycles. The van der Waals surface area contributed by atoms with Gasteiger partial charge in [-0.2, -0.15) is 9.78 Å². The molecule has 1 aromatic heterocycles. The summed E-state index contributed by atoms with van der Waals surface area (Å²) in [7, 11) is 0. The van der Waals surface area contributed by atoms with Crippen molar-refractivity contribution in [1.29, 1.82) is 0 Å². The number of primary amides is 1. The quantitative estimate of drug-likeness (QED) is 0.430. The lowest BCUT2D eigenvalue weighted by Gasteiger charge is -2.11. The van der Waals surface area contributed by atoms with Crippen LogP contribution in [0.5, 0.6) is 5.75 Å². The number of amides is 1. The van der Waals surface area contributed by atoms with E-state index in [0.717, 1.165) is 0 Å². The zero-order chi connectivity index (χ0) is 20.4. The first-order valence-electron chi connectivity index (χ1n) is 8.74. The van der Waals surface area contributed by atoms with Crippen LogP contribution < -0.4 is 16.0 Å². The maximum absolute atomic E-state index is 12.9. The summed E-state index contributed by atoms with van der Waals surface area (Å²) in [6.07, 6.45) is 0. The number of carbonyl (C=O) groups excluding carboxylic acids is 2.